The summed E-state index contributed by atoms with van der Waals surface area (Å²) in [4.78, 5) is 44.6. The highest BCUT2D eigenvalue weighted by atomic mass is 32.1. The molecule has 1 fully saturated rings. The van der Waals surface area contributed by atoms with Gasteiger partial charge in [-0.25, -0.2) is 14.2 Å². The van der Waals surface area contributed by atoms with Gasteiger partial charge in [-0.1, -0.05) is 36.1 Å². The van der Waals surface area contributed by atoms with E-state index >= 15 is 0 Å². The fraction of sp³-hybridized carbons (Fsp3) is 0.185. The first-order valence-corrected chi connectivity index (χ1v) is 12.1. The normalized spacial score (nSPS) is 16.6. The lowest BCUT2D eigenvalue weighted by Crippen LogP contribution is -2.29. The molecule has 0 aliphatic carbocycles. The summed E-state index contributed by atoms with van der Waals surface area (Å²) in [6, 6.07) is 10.5. The molecule has 10 heteroatoms. The molecule has 2 heterocycles. The predicted octanol–water partition coefficient (Wildman–Crippen LogP) is 4.96. The first-order valence-electron chi connectivity index (χ1n) is 11.3. The molecule has 4 rings (SSSR count). The largest absolute Gasteiger partial charge is 0.507 e. The fourth-order valence-electron chi connectivity index (χ4n) is 3.90. The van der Waals surface area contributed by atoms with Crippen molar-refractivity contribution in [1.29, 1.82) is 0 Å². The van der Waals surface area contributed by atoms with E-state index in [0.717, 1.165) is 16.2 Å². The van der Waals surface area contributed by atoms with Gasteiger partial charge in [0.1, 0.15) is 28.8 Å². The molecule has 1 unspecified atom stereocenters. The maximum absolute atomic E-state index is 13.7. The highest BCUT2D eigenvalue weighted by Gasteiger charge is 2.48. The van der Waals surface area contributed by atoms with E-state index in [2.05, 4.69) is 11.6 Å². The van der Waals surface area contributed by atoms with Crippen molar-refractivity contribution < 1.29 is 33.4 Å². The first-order chi connectivity index (χ1) is 17.8. The summed E-state index contributed by atoms with van der Waals surface area (Å²) in [7, 11) is 0. The van der Waals surface area contributed by atoms with Crippen molar-refractivity contribution in [2.24, 2.45) is 0 Å². The lowest BCUT2D eigenvalue weighted by Gasteiger charge is -2.23. The van der Waals surface area contributed by atoms with Crippen LogP contribution in [0.4, 0.5) is 9.52 Å². The Bertz CT molecular complexity index is 1400. The number of hydrogen-bond acceptors (Lipinski definition) is 8. The van der Waals surface area contributed by atoms with E-state index in [1.807, 2.05) is 6.92 Å². The summed E-state index contributed by atoms with van der Waals surface area (Å²) in [5, 5.41) is 11.3. The predicted molar refractivity (Wildman–Crippen MR) is 136 cm³/mol. The molecular formula is C27H23FN2O6S. The van der Waals surface area contributed by atoms with Gasteiger partial charge in [0.2, 0.25) is 0 Å². The number of ketones is 1. The number of aryl methyl sites for hydroxylation is 1. The molecule has 1 aromatic heterocycles. The molecule has 3 aromatic rings. The number of nitrogens with zero attached hydrogens (tertiary/aromatic N) is 2. The van der Waals surface area contributed by atoms with Crippen molar-refractivity contribution in [3.63, 3.8) is 0 Å². The number of aliphatic hydroxyl groups is 1. The van der Waals surface area contributed by atoms with Crippen LogP contribution in [-0.2, 0) is 14.3 Å². The van der Waals surface area contributed by atoms with Crippen LogP contribution in [0.3, 0.4) is 0 Å². The second kappa shape index (κ2) is 10.8. The number of aliphatic hydroxyl groups excluding tert-OH is 1. The Kier molecular flexibility index (Phi) is 7.49. The molecule has 190 valence electrons. The van der Waals surface area contributed by atoms with E-state index in [1.165, 1.54) is 30.3 Å². The van der Waals surface area contributed by atoms with E-state index in [9.17, 15) is 23.9 Å². The zero-order valence-electron chi connectivity index (χ0n) is 20.1. The number of esters is 1. The summed E-state index contributed by atoms with van der Waals surface area (Å²) < 4.78 is 24.2. The molecule has 1 atom stereocenters. The lowest BCUT2D eigenvalue weighted by atomic mass is 9.95. The second-order valence-electron chi connectivity index (χ2n) is 7.98. The van der Waals surface area contributed by atoms with Gasteiger partial charge < -0.3 is 14.6 Å². The topological polar surface area (TPSA) is 106 Å². The molecule has 0 radical (unpaired) electrons. The molecule has 1 amide bonds. The van der Waals surface area contributed by atoms with Crippen LogP contribution in [0.25, 0.3) is 5.76 Å². The van der Waals surface area contributed by atoms with Crippen LogP contribution >= 0.6 is 11.3 Å². The number of aromatic nitrogens is 1. The van der Waals surface area contributed by atoms with Gasteiger partial charge in [0.25, 0.3) is 5.78 Å². The third-order valence-corrected chi connectivity index (χ3v) is 6.71. The smallest absolute Gasteiger partial charge is 0.350 e. The summed E-state index contributed by atoms with van der Waals surface area (Å²) in [5.74, 6) is -2.87. The Hall–Kier alpha value is -4.31. The fourth-order valence-corrected chi connectivity index (χ4v) is 4.88. The number of anilines is 1. The molecule has 1 saturated heterocycles. The maximum Gasteiger partial charge on any atom is 0.350 e. The summed E-state index contributed by atoms with van der Waals surface area (Å²) in [6.07, 6.45) is 1.42. The Morgan fingerprint density at radius 2 is 1.86 bits per heavy atom. The third-order valence-electron chi connectivity index (χ3n) is 5.58. The molecule has 2 aromatic carbocycles. The third kappa shape index (κ3) is 5.01. The van der Waals surface area contributed by atoms with E-state index < -0.39 is 35.3 Å². The van der Waals surface area contributed by atoms with Gasteiger partial charge in [0.05, 0.1) is 23.9 Å². The SMILES string of the molecule is C=CCOC(=O)c1sc(N2C(=O)C(=O)/C(=C(\O)c3ccc(OCC)cc3)C2c2ccc(F)cc2)nc1C. The van der Waals surface area contributed by atoms with E-state index in [-0.39, 0.29) is 27.8 Å². The molecule has 0 bridgehead atoms. The zero-order chi connectivity index (χ0) is 26.7. The average Bonchev–Trinajstić information content (AvgIpc) is 3.40. The van der Waals surface area contributed by atoms with Crippen molar-refractivity contribution >= 4 is 39.9 Å². The van der Waals surface area contributed by atoms with Crippen LogP contribution in [0.1, 0.15) is 39.5 Å². The molecular weight excluding hydrogens is 499 g/mol. The van der Waals surface area contributed by atoms with Crippen molar-refractivity contribution in [2.45, 2.75) is 19.9 Å². The van der Waals surface area contributed by atoms with Gasteiger partial charge in [0.15, 0.2) is 5.13 Å². The summed E-state index contributed by atoms with van der Waals surface area (Å²) in [6.45, 7) is 7.37. The van der Waals surface area contributed by atoms with Gasteiger partial charge in [-0.2, -0.15) is 0 Å². The Morgan fingerprint density at radius 1 is 1.19 bits per heavy atom. The Labute approximate surface area is 216 Å². The molecule has 1 aliphatic rings. The van der Waals surface area contributed by atoms with Gasteiger partial charge in [0, 0.05) is 5.56 Å². The molecule has 1 aliphatic heterocycles. The summed E-state index contributed by atoms with van der Waals surface area (Å²) >= 11 is 0.878. The molecule has 0 spiro atoms. The minimum absolute atomic E-state index is 0.00626. The first kappa shape index (κ1) is 25.8. The number of halogens is 1. The summed E-state index contributed by atoms with van der Waals surface area (Å²) in [5.41, 5.74) is 0.777. The lowest BCUT2D eigenvalue weighted by molar-refractivity contribution is -0.132. The monoisotopic (exact) mass is 522 g/mol. The Morgan fingerprint density at radius 3 is 2.49 bits per heavy atom. The maximum atomic E-state index is 13.7. The number of ether oxygens (including phenoxy) is 2. The van der Waals surface area contributed by atoms with Crippen molar-refractivity contribution in [2.75, 3.05) is 18.1 Å². The second-order valence-corrected chi connectivity index (χ2v) is 8.95. The van der Waals surface area contributed by atoms with Gasteiger partial charge in [-0.3, -0.25) is 14.5 Å². The number of benzene rings is 2. The van der Waals surface area contributed by atoms with Gasteiger partial charge >= 0.3 is 11.9 Å². The standard InChI is InChI=1S/C27H23FN2O6S/c1-4-14-36-26(34)24-15(3)29-27(37-24)30-21(16-6-10-18(28)11-7-16)20(23(32)25(30)33)22(31)17-8-12-19(13-9-17)35-5-2/h4,6-13,21,31H,1,5,14H2,2-3H3/b22-20-. The highest BCUT2D eigenvalue weighted by Crippen LogP contribution is 2.44. The number of thiazole rings is 1. The number of amides is 1. The van der Waals surface area contributed by atoms with Crippen LogP contribution < -0.4 is 9.64 Å². The highest BCUT2D eigenvalue weighted by molar-refractivity contribution is 7.17. The molecule has 1 N–H and O–H groups in total. The van der Waals surface area contributed by atoms with Crippen molar-refractivity contribution in [3.05, 3.63) is 94.3 Å². The minimum atomic E-state index is -1.12. The van der Waals surface area contributed by atoms with Crippen molar-refractivity contribution in [3.8, 4) is 5.75 Å². The number of carbonyl (C=O) groups excluding carboxylic acids is 3. The van der Waals surface area contributed by atoms with Gasteiger partial charge in [-0.15, -0.1) is 0 Å². The minimum Gasteiger partial charge on any atom is -0.507 e. The Balaban J connectivity index is 1.85. The quantitative estimate of drug-likeness (QED) is 0.147. The number of Topliss-reactive ketones (excluding diaryl/α,β-unsaturated/α-hetero) is 1. The van der Waals surface area contributed by atoms with E-state index in [0.29, 0.717) is 23.6 Å². The molecule has 0 saturated carbocycles. The number of carbonyl (C=O) groups is 3. The number of rotatable bonds is 8. The van der Waals surface area contributed by atoms with E-state index in [4.69, 9.17) is 9.47 Å². The zero-order valence-corrected chi connectivity index (χ0v) is 20.9. The average molecular weight is 523 g/mol. The van der Waals surface area contributed by atoms with Crippen LogP contribution in [0, 0.1) is 12.7 Å². The molecule has 8 nitrogen and oxygen atoms in total. The molecule has 37 heavy (non-hydrogen) atoms. The van der Waals surface area contributed by atoms with E-state index in [1.54, 1.807) is 31.2 Å². The van der Waals surface area contributed by atoms with Crippen LogP contribution in [0.15, 0.2) is 66.8 Å². The van der Waals surface area contributed by atoms with Gasteiger partial charge in [-0.05, 0) is 55.8 Å². The number of hydrogen-bond donors (Lipinski definition) is 1. The van der Waals surface area contributed by atoms with Crippen LogP contribution in [-0.4, -0.2) is 41.0 Å². The van der Waals surface area contributed by atoms with Crippen LogP contribution in [0.2, 0.25) is 0 Å². The van der Waals surface area contributed by atoms with Crippen molar-refractivity contribution in [1.82, 2.24) is 4.98 Å². The van der Waals surface area contributed by atoms with Crippen LogP contribution in [0.5, 0.6) is 5.75 Å².